The van der Waals surface area contributed by atoms with E-state index in [0.717, 1.165) is 25.9 Å². The zero-order valence-corrected chi connectivity index (χ0v) is 10.8. The molecule has 1 aliphatic heterocycles. The van der Waals surface area contributed by atoms with E-state index in [2.05, 4.69) is 15.3 Å². The van der Waals surface area contributed by atoms with Gasteiger partial charge in [0, 0.05) is 19.2 Å². The normalized spacial score (nSPS) is 14.7. The first kappa shape index (κ1) is 12.6. The van der Waals surface area contributed by atoms with E-state index >= 15 is 0 Å². The summed E-state index contributed by atoms with van der Waals surface area (Å²) >= 11 is 0. The number of methoxy groups -OCH3 is 1. The van der Waals surface area contributed by atoms with E-state index in [9.17, 15) is 4.79 Å². The second-order valence-electron chi connectivity index (χ2n) is 4.28. The molecule has 1 aromatic heterocycles. The van der Waals surface area contributed by atoms with Gasteiger partial charge in [0.15, 0.2) is 0 Å². The third-order valence-corrected chi connectivity index (χ3v) is 2.90. The van der Waals surface area contributed by atoms with Crippen LogP contribution < -0.4 is 10.1 Å². The van der Waals surface area contributed by atoms with Gasteiger partial charge in [0.2, 0.25) is 11.8 Å². The zero-order valence-electron chi connectivity index (χ0n) is 10.8. The molecule has 0 radical (unpaired) electrons. The minimum atomic E-state index is 0.114. The van der Waals surface area contributed by atoms with Crippen LogP contribution in [0.15, 0.2) is 6.07 Å². The molecule has 0 spiro atoms. The topological polar surface area (TPSA) is 67.3 Å². The van der Waals surface area contributed by atoms with Crippen molar-refractivity contribution in [1.29, 1.82) is 0 Å². The number of ether oxygens (including phenoxy) is 1. The van der Waals surface area contributed by atoms with Crippen molar-refractivity contribution in [3.8, 4) is 5.88 Å². The van der Waals surface area contributed by atoms with Gasteiger partial charge in [-0.25, -0.2) is 4.98 Å². The van der Waals surface area contributed by atoms with Crippen LogP contribution in [0.4, 0.5) is 5.82 Å². The summed E-state index contributed by atoms with van der Waals surface area (Å²) in [5.41, 5.74) is 0. The molecular weight excluding hydrogens is 232 g/mol. The monoisotopic (exact) mass is 250 g/mol. The molecular formula is C12H18N4O2. The Morgan fingerprint density at radius 1 is 1.44 bits per heavy atom. The van der Waals surface area contributed by atoms with E-state index in [1.165, 1.54) is 0 Å². The molecule has 1 aliphatic rings. The molecule has 0 atom stereocenters. The maximum Gasteiger partial charge on any atom is 0.241 e. The lowest BCUT2D eigenvalue weighted by atomic mass is 10.4. The Morgan fingerprint density at radius 2 is 2.17 bits per heavy atom. The Morgan fingerprint density at radius 3 is 2.83 bits per heavy atom. The Labute approximate surface area is 106 Å². The van der Waals surface area contributed by atoms with Gasteiger partial charge >= 0.3 is 0 Å². The summed E-state index contributed by atoms with van der Waals surface area (Å²) in [6.07, 6.45) is 2.21. The van der Waals surface area contributed by atoms with E-state index in [1.54, 1.807) is 20.1 Å². The molecule has 2 heterocycles. The van der Waals surface area contributed by atoms with Gasteiger partial charge in [0.25, 0.3) is 0 Å². The van der Waals surface area contributed by atoms with Crippen LogP contribution in [0.5, 0.6) is 5.88 Å². The van der Waals surface area contributed by atoms with Crippen LogP contribution >= 0.6 is 0 Å². The second kappa shape index (κ2) is 5.66. The number of hydrogen-bond acceptors (Lipinski definition) is 5. The zero-order chi connectivity index (χ0) is 13.0. The molecule has 1 amide bonds. The summed E-state index contributed by atoms with van der Waals surface area (Å²) in [4.78, 5) is 22.0. The fraction of sp³-hybridized carbons (Fsp3) is 0.583. The molecule has 0 aromatic carbocycles. The molecule has 0 unspecified atom stereocenters. The summed E-state index contributed by atoms with van der Waals surface area (Å²) in [6, 6.07) is 1.68. The lowest BCUT2D eigenvalue weighted by Crippen LogP contribution is -2.33. The van der Waals surface area contributed by atoms with Crippen molar-refractivity contribution >= 4 is 11.7 Å². The van der Waals surface area contributed by atoms with Gasteiger partial charge in [0.05, 0.1) is 13.7 Å². The third kappa shape index (κ3) is 3.09. The summed E-state index contributed by atoms with van der Waals surface area (Å²) in [5.74, 6) is 1.85. The van der Waals surface area contributed by atoms with Gasteiger partial charge in [0.1, 0.15) is 11.6 Å². The van der Waals surface area contributed by atoms with Gasteiger partial charge in [-0.1, -0.05) is 0 Å². The molecule has 0 aliphatic carbocycles. The van der Waals surface area contributed by atoms with Gasteiger partial charge in [-0.3, -0.25) is 4.79 Å². The van der Waals surface area contributed by atoms with Crippen LogP contribution in [0.2, 0.25) is 0 Å². The number of nitrogens with one attached hydrogen (secondary N) is 1. The van der Waals surface area contributed by atoms with Crippen molar-refractivity contribution in [2.75, 3.05) is 32.1 Å². The van der Waals surface area contributed by atoms with Crippen LogP contribution in [0.3, 0.4) is 0 Å². The summed E-state index contributed by atoms with van der Waals surface area (Å²) in [6.45, 7) is 3.79. The molecule has 1 aromatic rings. The molecule has 0 bridgehead atoms. The highest BCUT2D eigenvalue weighted by Gasteiger charge is 2.17. The molecule has 1 fully saturated rings. The maximum absolute atomic E-state index is 11.8. The molecule has 0 saturated carbocycles. The molecule has 98 valence electrons. The molecule has 1 saturated heterocycles. The van der Waals surface area contributed by atoms with Gasteiger partial charge < -0.3 is 15.0 Å². The highest BCUT2D eigenvalue weighted by molar-refractivity contribution is 5.80. The highest BCUT2D eigenvalue weighted by Crippen LogP contribution is 2.13. The van der Waals surface area contributed by atoms with Crippen LogP contribution in [0.1, 0.15) is 18.7 Å². The predicted molar refractivity (Wildman–Crippen MR) is 67.6 cm³/mol. The van der Waals surface area contributed by atoms with Gasteiger partial charge in [-0.15, -0.1) is 0 Å². The van der Waals surface area contributed by atoms with Gasteiger partial charge in [-0.05, 0) is 19.8 Å². The highest BCUT2D eigenvalue weighted by atomic mass is 16.5. The Kier molecular flexibility index (Phi) is 3.96. The molecule has 6 heteroatoms. The van der Waals surface area contributed by atoms with E-state index in [4.69, 9.17) is 4.74 Å². The Bertz CT molecular complexity index is 430. The minimum absolute atomic E-state index is 0.114. The molecule has 2 rings (SSSR count). The number of amides is 1. The van der Waals surface area contributed by atoms with Crippen LogP contribution in [-0.2, 0) is 4.79 Å². The average molecular weight is 250 g/mol. The lowest BCUT2D eigenvalue weighted by molar-refractivity contribution is -0.128. The largest absolute Gasteiger partial charge is 0.481 e. The smallest absolute Gasteiger partial charge is 0.241 e. The fourth-order valence-electron chi connectivity index (χ4n) is 1.98. The summed E-state index contributed by atoms with van der Waals surface area (Å²) in [7, 11) is 1.56. The molecule has 6 nitrogen and oxygen atoms in total. The first-order valence-electron chi connectivity index (χ1n) is 6.10. The number of nitrogens with zero attached hydrogens (tertiary/aromatic N) is 3. The maximum atomic E-state index is 11.8. The second-order valence-corrected chi connectivity index (χ2v) is 4.28. The Balaban J connectivity index is 1.92. The number of hydrogen-bond donors (Lipinski definition) is 1. The lowest BCUT2D eigenvalue weighted by Gasteiger charge is -2.15. The van der Waals surface area contributed by atoms with E-state index in [1.807, 2.05) is 4.90 Å². The predicted octanol–water partition coefficient (Wildman–Crippen LogP) is 0.828. The number of aryl methyl sites for hydroxylation is 1. The van der Waals surface area contributed by atoms with E-state index in [-0.39, 0.29) is 12.5 Å². The number of rotatable bonds is 4. The van der Waals surface area contributed by atoms with Crippen molar-refractivity contribution in [1.82, 2.24) is 14.9 Å². The quantitative estimate of drug-likeness (QED) is 0.857. The van der Waals surface area contributed by atoms with E-state index in [0.29, 0.717) is 17.5 Å². The van der Waals surface area contributed by atoms with E-state index < -0.39 is 0 Å². The van der Waals surface area contributed by atoms with Crippen molar-refractivity contribution < 1.29 is 9.53 Å². The number of aromatic nitrogens is 2. The van der Waals surface area contributed by atoms with Crippen molar-refractivity contribution in [2.24, 2.45) is 0 Å². The number of likely N-dealkylation sites (tertiary alicyclic amines) is 1. The fourth-order valence-corrected chi connectivity index (χ4v) is 1.98. The third-order valence-electron chi connectivity index (χ3n) is 2.90. The van der Waals surface area contributed by atoms with Crippen molar-refractivity contribution in [2.45, 2.75) is 19.8 Å². The average Bonchev–Trinajstić information content (AvgIpc) is 2.89. The SMILES string of the molecule is COc1cc(NCC(=O)N2CCCC2)nc(C)n1. The first-order valence-corrected chi connectivity index (χ1v) is 6.10. The number of carbonyl (C=O) groups is 1. The molecule has 18 heavy (non-hydrogen) atoms. The number of carbonyl (C=O) groups excluding carboxylic acids is 1. The summed E-state index contributed by atoms with van der Waals surface area (Å²) < 4.78 is 5.06. The van der Waals surface area contributed by atoms with Crippen LogP contribution in [0.25, 0.3) is 0 Å². The van der Waals surface area contributed by atoms with Gasteiger partial charge in [-0.2, -0.15) is 4.98 Å². The van der Waals surface area contributed by atoms with Crippen molar-refractivity contribution in [3.05, 3.63) is 11.9 Å². The van der Waals surface area contributed by atoms with Crippen LogP contribution in [0, 0.1) is 6.92 Å². The molecule has 1 N–H and O–H groups in total. The first-order chi connectivity index (χ1) is 8.69. The summed E-state index contributed by atoms with van der Waals surface area (Å²) in [5, 5.41) is 3.01. The Hall–Kier alpha value is -1.85. The number of anilines is 1. The minimum Gasteiger partial charge on any atom is -0.481 e. The van der Waals surface area contributed by atoms with Crippen molar-refractivity contribution in [3.63, 3.8) is 0 Å². The van der Waals surface area contributed by atoms with Crippen LogP contribution in [-0.4, -0.2) is 47.5 Å². The standard InChI is InChI=1S/C12H18N4O2/c1-9-14-10(7-11(15-9)18-2)13-8-12(17)16-5-3-4-6-16/h7H,3-6,8H2,1-2H3,(H,13,14,15).